The minimum absolute atomic E-state index is 0.0394. The number of hydrogen-bond donors (Lipinski definition) is 0. The Morgan fingerprint density at radius 2 is 2.06 bits per heavy atom. The highest BCUT2D eigenvalue weighted by Gasteiger charge is 2.18. The average molecular weight is 353 g/mol. The zero-order valence-corrected chi connectivity index (χ0v) is 13.8. The molecule has 1 aromatic carbocycles. The van der Waals surface area contributed by atoms with Gasteiger partial charge in [-0.3, -0.25) is 10.1 Å². The highest BCUT2D eigenvalue weighted by molar-refractivity contribution is 9.10. The summed E-state index contributed by atoms with van der Waals surface area (Å²) in [6, 6.07) is 3.83. The second-order valence-corrected chi connectivity index (χ2v) is 12.0. The van der Waals surface area contributed by atoms with Crippen molar-refractivity contribution in [1.29, 1.82) is 0 Å². The molecule has 0 saturated carbocycles. The minimum atomic E-state index is -1.19. The second kappa shape index (κ2) is 6.03. The standard InChI is InChI=1S/C11H15BrClNO3Si/c1-18(2,3)5-4-17-11-7-10(14(15)16)8(12)6-9(11)13/h6-7H,4-5H2,1-3H3. The predicted octanol–water partition coefficient (Wildman–Crippen LogP) is 4.73. The molecule has 0 aliphatic carbocycles. The Hall–Kier alpha value is -0.593. The third kappa shape index (κ3) is 4.59. The van der Waals surface area contributed by atoms with Crippen LogP contribution in [0.4, 0.5) is 5.69 Å². The molecule has 7 heteroatoms. The first kappa shape index (κ1) is 15.5. The molecule has 0 aliphatic heterocycles. The lowest BCUT2D eigenvalue weighted by Crippen LogP contribution is -2.22. The summed E-state index contributed by atoms with van der Waals surface area (Å²) in [5.41, 5.74) is -0.0394. The fourth-order valence-electron chi connectivity index (χ4n) is 1.24. The Balaban J connectivity index is 2.83. The van der Waals surface area contributed by atoms with Gasteiger partial charge in [0, 0.05) is 8.07 Å². The fourth-order valence-corrected chi connectivity index (χ4v) is 2.79. The van der Waals surface area contributed by atoms with E-state index in [2.05, 4.69) is 35.6 Å². The molecular weight excluding hydrogens is 338 g/mol. The third-order valence-corrected chi connectivity index (χ3v) is 4.94. The number of nitrogens with zero attached hydrogens (tertiary/aromatic N) is 1. The van der Waals surface area contributed by atoms with Crippen molar-refractivity contribution in [3.8, 4) is 5.75 Å². The molecule has 0 aliphatic rings. The molecule has 4 nitrogen and oxygen atoms in total. The van der Waals surface area contributed by atoms with Crippen molar-refractivity contribution in [2.75, 3.05) is 6.61 Å². The molecule has 0 fully saturated rings. The molecule has 0 heterocycles. The van der Waals surface area contributed by atoms with Crippen LogP contribution in [0.3, 0.4) is 0 Å². The van der Waals surface area contributed by atoms with E-state index < -0.39 is 13.0 Å². The van der Waals surface area contributed by atoms with E-state index in [4.69, 9.17) is 16.3 Å². The topological polar surface area (TPSA) is 52.4 Å². The predicted molar refractivity (Wildman–Crippen MR) is 79.5 cm³/mol. The Labute approximate surface area is 121 Å². The number of benzene rings is 1. The van der Waals surface area contributed by atoms with Crippen molar-refractivity contribution < 1.29 is 9.66 Å². The van der Waals surface area contributed by atoms with Gasteiger partial charge < -0.3 is 4.74 Å². The summed E-state index contributed by atoms with van der Waals surface area (Å²) < 4.78 is 5.89. The molecule has 1 rings (SSSR count). The quantitative estimate of drug-likeness (QED) is 0.437. The van der Waals surface area contributed by atoms with Crippen molar-refractivity contribution in [1.82, 2.24) is 0 Å². The zero-order chi connectivity index (χ0) is 13.9. The summed E-state index contributed by atoms with van der Waals surface area (Å²) in [5.74, 6) is 0.366. The number of halogens is 2. The van der Waals surface area contributed by atoms with Gasteiger partial charge in [0.2, 0.25) is 0 Å². The van der Waals surface area contributed by atoms with Crippen LogP contribution in [0.5, 0.6) is 5.75 Å². The maximum absolute atomic E-state index is 10.8. The van der Waals surface area contributed by atoms with Gasteiger partial charge in [-0.25, -0.2) is 0 Å². The smallest absolute Gasteiger partial charge is 0.287 e. The first-order chi connectivity index (χ1) is 8.20. The van der Waals surface area contributed by atoms with Crippen molar-refractivity contribution >= 4 is 41.3 Å². The van der Waals surface area contributed by atoms with Crippen LogP contribution in [0.1, 0.15) is 0 Å². The van der Waals surface area contributed by atoms with Crippen LogP contribution < -0.4 is 4.74 Å². The Morgan fingerprint density at radius 1 is 1.44 bits per heavy atom. The fraction of sp³-hybridized carbons (Fsp3) is 0.455. The highest BCUT2D eigenvalue weighted by Crippen LogP contribution is 2.35. The van der Waals surface area contributed by atoms with Gasteiger partial charge >= 0.3 is 0 Å². The lowest BCUT2D eigenvalue weighted by molar-refractivity contribution is -0.385. The number of hydrogen-bond acceptors (Lipinski definition) is 3. The molecule has 0 unspecified atom stereocenters. The minimum Gasteiger partial charge on any atom is -0.492 e. The van der Waals surface area contributed by atoms with Crippen LogP contribution in [0.2, 0.25) is 30.7 Å². The summed E-state index contributed by atoms with van der Waals surface area (Å²) in [6.45, 7) is 7.25. The van der Waals surface area contributed by atoms with Gasteiger partial charge in [-0.2, -0.15) is 0 Å². The first-order valence-electron chi connectivity index (χ1n) is 5.47. The van der Waals surface area contributed by atoms with Gasteiger partial charge in [0.1, 0.15) is 5.75 Å². The Kier molecular flexibility index (Phi) is 5.18. The Morgan fingerprint density at radius 3 is 2.56 bits per heavy atom. The van der Waals surface area contributed by atoms with Gasteiger partial charge in [-0.05, 0) is 28.0 Å². The van der Waals surface area contributed by atoms with E-state index in [1.807, 2.05) is 0 Å². The van der Waals surface area contributed by atoms with Crippen molar-refractivity contribution in [2.45, 2.75) is 25.7 Å². The molecule has 18 heavy (non-hydrogen) atoms. The van der Waals surface area contributed by atoms with Crippen LogP contribution in [-0.2, 0) is 0 Å². The molecular formula is C11H15BrClNO3Si. The van der Waals surface area contributed by atoms with Crippen LogP contribution in [0.25, 0.3) is 0 Å². The Bertz CT molecular complexity index is 462. The molecule has 100 valence electrons. The monoisotopic (exact) mass is 351 g/mol. The normalized spacial score (nSPS) is 11.4. The lowest BCUT2D eigenvalue weighted by Gasteiger charge is -2.16. The molecule has 0 saturated heterocycles. The molecule has 0 bridgehead atoms. The van der Waals surface area contributed by atoms with E-state index in [-0.39, 0.29) is 5.69 Å². The van der Waals surface area contributed by atoms with Crippen molar-refractivity contribution in [3.05, 3.63) is 31.7 Å². The van der Waals surface area contributed by atoms with Crippen LogP contribution >= 0.6 is 27.5 Å². The zero-order valence-electron chi connectivity index (χ0n) is 10.5. The van der Waals surface area contributed by atoms with Crippen molar-refractivity contribution in [2.24, 2.45) is 0 Å². The number of nitro benzene ring substituents is 1. The molecule has 1 aromatic rings. The van der Waals surface area contributed by atoms with Gasteiger partial charge in [-0.1, -0.05) is 31.2 Å². The van der Waals surface area contributed by atoms with E-state index >= 15 is 0 Å². The molecule has 0 atom stereocenters. The van der Waals surface area contributed by atoms with Gasteiger partial charge in [0.25, 0.3) is 5.69 Å². The summed E-state index contributed by atoms with van der Waals surface area (Å²) in [6.07, 6.45) is 0. The summed E-state index contributed by atoms with van der Waals surface area (Å²) in [7, 11) is -1.19. The largest absolute Gasteiger partial charge is 0.492 e. The van der Waals surface area contributed by atoms with E-state index in [0.717, 1.165) is 6.04 Å². The third-order valence-electron chi connectivity index (χ3n) is 2.31. The maximum atomic E-state index is 10.8. The van der Waals surface area contributed by atoms with E-state index in [1.165, 1.54) is 12.1 Å². The SMILES string of the molecule is C[Si](C)(C)CCOc1cc([N+](=O)[O-])c(Br)cc1Cl. The molecule has 0 radical (unpaired) electrons. The summed E-state index contributed by atoms with van der Waals surface area (Å²) >= 11 is 9.10. The van der Waals surface area contributed by atoms with Crippen LogP contribution in [0.15, 0.2) is 16.6 Å². The van der Waals surface area contributed by atoms with Gasteiger partial charge in [0.15, 0.2) is 0 Å². The van der Waals surface area contributed by atoms with Crippen LogP contribution in [-0.4, -0.2) is 19.6 Å². The van der Waals surface area contributed by atoms with Crippen molar-refractivity contribution in [3.63, 3.8) is 0 Å². The molecule has 0 N–H and O–H groups in total. The molecule has 0 spiro atoms. The number of nitro groups is 1. The number of rotatable bonds is 5. The summed E-state index contributed by atoms with van der Waals surface area (Å²) in [5, 5.41) is 11.2. The van der Waals surface area contributed by atoms with Gasteiger partial charge in [-0.15, -0.1) is 0 Å². The van der Waals surface area contributed by atoms with E-state index in [9.17, 15) is 10.1 Å². The van der Waals surface area contributed by atoms with E-state index in [0.29, 0.717) is 21.9 Å². The highest BCUT2D eigenvalue weighted by atomic mass is 79.9. The van der Waals surface area contributed by atoms with E-state index in [1.54, 1.807) is 0 Å². The second-order valence-electron chi connectivity index (χ2n) is 5.15. The maximum Gasteiger partial charge on any atom is 0.287 e. The average Bonchev–Trinajstić information content (AvgIpc) is 2.18. The molecule has 0 amide bonds. The molecule has 0 aromatic heterocycles. The summed E-state index contributed by atoms with van der Waals surface area (Å²) in [4.78, 5) is 10.3. The first-order valence-corrected chi connectivity index (χ1v) is 10.3. The van der Waals surface area contributed by atoms with Gasteiger partial charge in [0.05, 0.1) is 27.1 Å². The lowest BCUT2D eigenvalue weighted by atomic mass is 10.3. The van der Waals surface area contributed by atoms with Crippen LogP contribution in [0, 0.1) is 10.1 Å². The number of ether oxygens (including phenoxy) is 1.